The third-order valence-electron chi connectivity index (χ3n) is 4.61. The van der Waals surface area contributed by atoms with E-state index in [0.717, 1.165) is 24.3 Å². The molecule has 3 rings (SSSR count). The van der Waals surface area contributed by atoms with Crippen molar-refractivity contribution in [2.24, 2.45) is 11.8 Å². The molecule has 3 nitrogen and oxygen atoms in total. The Bertz CT molecular complexity index is 622. The summed E-state index contributed by atoms with van der Waals surface area (Å²) in [7, 11) is 0. The van der Waals surface area contributed by atoms with E-state index in [0.29, 0.717) is 0 Å². The Hall–Kier alpha value is -1.82. The van der Waals surface area contributed by atoms with Crippen LogP contribution in [0, 0.1) is 23.2 Å². The van der Waals surface area contributed by atoms with Crippen molar-refractivity contribution in [3.05, 3.63) is 30.5 Å². The van der Waals surface area contributed by atoms with E-state index in [2.05, 4.69) is 34.9 Å². The Morgan fingerprint density at radius 1 is 1.35 bits per heavy atom. The normalized spacial score (nSPS) is 26.5. The topological polar surface area (TPSA) is 41.6 Å². The molecule has 0 amide bonds. The maximum absolute atomic E-state index is 9.46. The number of nitriles is 1. The highest BCUT2D eigenvalue weighted by molar-refractivity contribution is 5.78. The largest absolute Gasteiger partial charge is 0.260 e. The van der Waals surface area contributed by atoms with Gasteiger partial charge in [-0.25, -0.2) is 0 Å². The Balaban J connectivity index is 1.94. The lowest BCUT2D eigenvalue weighted by atomic mass is 9.77. The molecule has 20 heavy (non-hydrogen) atoms. The summed E-state index contributed by atoms with van der Waals surface area (Å²) >= 11 is 0. The van der Waals surface area contributed by atoms with Gasteiger partial charge in [0.2, 0.25) is 0 Å². The van der Waals surface area contributed by atoms with Crippen LogP contribution < -0.4 is 0 Å². The molecule has 3 atom stereocenters. The van der Waals surface area contributed by atoms with Crippen molar-refractivity contribution in [1.82, 2.24) is 9.78 Å². The molecule has 104 valence electrons. The first-order valence-corrected chi connectivity index (χ1v) is 7.65. The number of rotatable bonds is 3. The second kappa shape index (κ2) is 5.66. The molecule has 2 aromatic rings. The van der Waals surface area contributed by atoms with Gasteiger partial charge < -0.3 is 0 Å². The summed E-state index contributed by atoms with van der Waals surface area (Å²) in [5.74, 6) is 0.851. The zero-order valence-corrected chi connectivity index (χ0v) is 12.0. The fourth-order valence-corrected chi connectivity index (χ4v) is 3.58. The van der Waals surface area contributed by atoms with E-state index in [4.69, 9.17) is 0 Å². The molecule has 0 aliphatic heterocycles. The summed E-state index contributed by atoms with van der Waals surface area (Å²) in [6, 6.07) is 11.0. The van der Waals surface area contributed by atoms with Crippen LogP contribution in [0.25, 0.3) is 10.9 Å². The molecule has 0 spiro atoms. The smallest absolute Gasteiger partial charge is 0.0688 e. The van der Waals surface area contributed by atoms with Gasteiger partial charge in [-0.2, -0.15) is 10.4 Å². The van der Waals surface area contributed by atoms with Crippen molar-refractivity contribution in [3.8, 4) is 6.07 Å². The van der Waals surface area contributed by atoms with Gasteiger partial charge in [-0.05, 0) is 31.2 Å². The average molecular weight is 267 g/mol. The maximum Gasteiger partial charge on any atom is 0.0688 e. The summed E-state index contributed by atoms with van der Waals surface area (Å²) in [5, 5.41) is 15.2. The minimum Gasteiger partial charge on any atom is -0.260 e. The third-order valence-corrected chi connectivity index (χ3v) is 4.61. The molecule has 1 aromatic carbocycles. The van der Waals surface area contributed by atoms with E-state index in [1.165, 1.54) is 24.6 Å². The van der Waals surface area contributed by atoms with Crippen LogP contribution in [-0.4, -0.2) is 9.78 Å². The highest BCUT2D eigenvalue weighted by Crippen LogP contribution is 2.39. The zero-order valence-electron chi connectivity index (χ0n) is 12.0. The lowest BCUT2D eigenvalue weighted by molar-refractivity contribution is 0.203. The summed E-state index contributed by atoms with van der Waals surface area (Å²) in [5.41, 5.74) is 1.16. The van der Waals surface area contributed by atoms with Crippen LogP contribution >= 0.6 is 0 Å². The quantitative estimate of drug-likeness (QED) is 0.831. The van der Waals surface area contributed by atoms with Gasteiger partial charge in [-0.15, -0.1) is 0 Å². The van der Waals surface area contributed by atoms with E-state index in [1.807, 2.05) is 18.3 Å². The molecule has 1 aliphatic carbocycles. The Labute approximate surface area is 120 Å². The SMILES string of the molecule is CCCC1CCC(C#N)C(n2ncc3ccccc32)C1. The van der Waals surface area contributed by atoms with Crippen LogP contribution in [0.1, 0.15) is 45.1 Å². The number of fused-ring (bicyclic) bond motifs is 1. The van der Waals surface area contributed by atoms with Crippen LogP contribution in [0.2, 0.25) is 0 Å². The molecule has 0 N–H and O–H groups in total. The number of benzene rings is 1. The molecule has 3 unspecified atom stereocenters. The van der Waals surface area contributed by atoms with Gasteiger partial charge in [0.1, 0.15) is 0 Å². The lowest BCUT2D eigenvalue weighted by Gasteiger charge is -2.33. The summed E-state index contributed by atoms with van der Waals surface area (Å²) in [4.78, 5) is 0. The number of hydrogen-bond acceptors (Lipinski definition) is 2. The number of nitrogens with zero attached hydrogens (tertiary/aromatic N) is 3. The van der Waals surface area contributed by atoms with Crippen molar-refractivity contribution in [2.45, 2.75) is 45.1 Å². The third kappa shape index (κ3) is 2.31. The van der Waals surface area contributed by atoms with E-state index < -0.39 is 0 Å². The molecular weight excluding hydrogens is 246 g/mol. The lowest BCUT2D eigenvalue weighted by Crippen LogP contribution is -2.27. The summed E-state index contributed by atoms with van der Waals surface area (Å²) in [6.45, 7) is 2.24. The fourth-order valence-electron chi connectivity index (χ4n) is 3.58. The summed E-state index contributed by atoms with van der Waals surface area (Å²) in [6.07, 6.45) is 7.73. The molecule has 1 saturated carbocycles. The monoisotopic (exact) mass is 267 g/mol. The molecular formula is C17H21N3. The van der Waals surface area contributed by atoms with Crippen molar-refractivity contribution in [2.75, 3.05) is 0 Å². The first-order valence-electron chi connectivity index (χ1n) is 7.65. The van der Waals surface area contributed by atoms with Crippen LogP contribution in [0.4, 0.5) is 0 Å². The van der Waals surface area contributed by atoms with Crippen LogP contribution in [-0.2, 0) is 0 Å². The van der Waals surface area contributed by atoms with Crippen molar-refractivity contribution in [3.63, 3.8) is 0 Å². The number of hydrogen-bond donors (Lipinski definition) is 0. The van der Waals surface area contributed by atoms with Crippen LogP contribution in [0.15, 0.2) is 30.5 Å². The van der Waals surface area contributed by atoms with Crippen LogP contribution in [0.5, 0.6) is 0 Å². The standard InChI is InChI=1S/C17H21N3/c1-2-5-13-8-9-14(11-18)17(10-13)20-16-7-4-3-6-15(16)12-19-20/h3-4,6-7,12-14,17H,2,5,8-10H2,1H3. The Morgan fingerprint density at radius 3 is 3.00 bits per heavy atom. The van der Waals surface area contributed by atoms with Gasteiger partial charge in [0.15, 0.2) is 0 Å². The minimum absolute atomic E-state index is 0.103. The average Bonchev–Trinajstić information content (AvgIpc) is 2.91. The zero-order chi connectivity index (χ0) is 13.9. The molecule has 3 heteroatoms. The molecule has 0 bridgehead atoms. The Morgan fingerprint density at radius 2 is 2.20 bits per heavy atom. The van der Waals surface area contributed by atoms with Gasteiger partial charge in [0.25, 0.3) is 0 Å². The predicted molar refractivity (Wildman–Crippen MR) is 80.1 cm³/mol. The van der Waals surface area contributed by atoms with Crippen molar-refractivity contribution in [1.29, 1.82) is 5.26 Å². The molecule has 1 heterocycles. The van der Waals surface area contributed by atoms with E-state index in [1.54, 1.807) is 0 Å². The summed E-state index contributed by atoms with van der Waals surface area (Å²) < 4.78 is 2.10. The number of para-hydroxylation sites is 1. The Kier molecular flexibility index (Phi) is 3.73. The first kappa shape index (κ1) is 13.2. The van der Waals surface area contributed by atoms with Gasteiger partial charge in [-0.3, -0.25) is 4.68 Å². The molecule has 0 saturated heterocycles. The van der Waals surface area contributed by atoms with E-state index in [-0.39, 0.29) is 12.0 Å². The van der Waals surface area contributed by atoms with Gasteiger partial charge in [-0.1, -0.05) is 38.0 Å². The van der Waals surface area contributed by atoms with Crippen molar-refractivity contribution >= 4 is 10.9 Å². The molecule has 1 aromatic heterocycles. The van der Waals surface area contributed by atoms with Crippen molar-refractivity contribution < 1.29 is 0 Å². The van der Waals surface area contributed by atoms with Gasteiger partial charge in [0.05, 0.1) is 29.7 Å². The predicted octanol–water partition coefficient (Wildman–Crippen LogP) is 4.32. The highest BCUT2D eigenvalue weighted by atomic mass is 15.3. The van der Waals surface area contributed by atoms with E-state index in [9.17, 15) is 5.26 Å². The molecule has 1 fully saturated rings. The number of aromatic nitrogens is 2. The minimum atomic E-state index is 0.103. The fraction of sp³-hybridized carbons (Fsp3) is 0.529. The highest BCUT2D eigenvalue weighted by Gasteiger charge is 2.32. The molecule has 1 aliphatic rings. The van der Waals surface area contributed by atoms with Crippen LogP contribution in [0.3, 0.4) is 0 Å². The van der Waals surface area contributed by atoms with E-state index >= 15 is 0 Å². The van der Waals surface area contributed by atoms with Gasteiger partial charge >= 0.3 is 0 Å². The first-order chi connectivity index (χ1) is 9.83. The maximum atomic E-state index is 9.46. The van der Waals surface area contributed by atoms with Gasteiger partial charge in [0, 0.05) is 5.39 Å². The second-order valence-electron chi connectivity index (χ2n) is 5.92. The second-order valence-corrected chi connectivity index (χ2v) is 5.92. The molecule has 0 radical (unpaired) electrons.